The van der Waals surface area contributed by atoms with Crippen molar-refractivity contribution in [3.05, 3.63) is 65.7 Å². The highest BCUT2D eigenvalue weighted by molar-refractivity contribution is 5.90. The maximum atomic E-state index is 13.5. The van der Waals surface area contributed by atoms with Crippen LogP contribution >= 0.6 is 0 Å². The van der Waals surface area contributed by atoms with Crippen molar-refractivity contribution in [1.29, 1.82) is 0 Å². The molecule has 6 nitrogen and oxygen atoms in total. The zero-order valence-corrected chi connectivity index (χ0v) is 24.0. The van der Waals surface area contributed by atoms with Gasteiger partial charge in [-0.3, -0.25) is 14.5 Å². The van der Waals surface area contributed by atoms with Gasteiger partial charge in [0.1, 0.15) is 18.4 Å². The molecule has 0 heterocycles. The number of nitrogens with one attached hydrogen (secondary N) is 2. The minimum Gasteiger partial charge on any atom is -0.489 e. The van der Waals surface area contributed by atoms with Gasteiger partial charge in [-0.25, -0.2) is 0 Å². The Morgan fingerprint density at radius 1 is 0.892 bits per heavy atom. The average Bonchev–Trinajstić information content (AvgIpc) is 2.81. The van der Waals surface area contributed by atoms with E-state index in [-0.39, 0.29) is 23.8 Å². The zero-order valence-electron chi connectivity index (χ0n) is 24.0. The van der Waals surface area contributed by atoms with E-state index in [1.54, 1.807) is 0 Å². The van der Waals surface area contributed by atoms with Crippen molar-refractivity contribution in [1.82, 2.24) is 15.5 Å². The standard InChI is InChI=1S/C31H47N3O3/c1-22(2)18-19-34(8)28(23(3)4)30(36)32-27(29(35)33-31(5,6)7)20-24-14-16-26(17-15-24)37-21-25-12-10-9-11-13-25/h9-17,22-23,27-28H,18-21H2,1-8H3,(H,32,36)(H,33,35)/t27-,28-/m0/s1. The van der Waals surface area contributed by atoms with E-state index in [2.05, 4.69) is 43.2 Å². The number of carbonyl (C=O) groups is 2. The lowest BCUT2D eigenvalue weighted by atomic mass is 9.98. The van der Waals surface area contributed by atoms with Crippen molar-refractivity contribution in [2.45, 2.75) is 85.5 Å². The highest BCUT2D eigenvalue weighted by Gasteiger charge is 2.31. The first-order valence-electron chi connectivity index (χ1n) is 13.4. The predicted molar refractivity (Wildman–Crippen MR) is 151 cm³/mol. The fraction of sp³-hybridized carbons (Fsp3) is 0.548. The third kappa shape index (κ3) is 11.0. The Morgan fingerprint density at radius 2 is 1.51 bits per heavy atom. The molecule has 2 N–H and O–H groups in total. The molecule has 37 heavy (non-hydrogen) atoms. The number of hydrogen-bond donors (Lipinski definition) is 2. The number of likely N-dealkylation sites (N-methyl/N-ethyl adjacent to an activating group) is 1. The van der Waals surface area contributed by atoms with Gasteiger partial charge >= 0.3 is 0 Å². The molecular formula is C31H47N3O3. The molecule has 2 rings (SSSR count). The lowest BCUT2D eigenvalue weighted by molar-refractivity contribution is -0.133. The fourth-order valence-corrected chi connectivity index (χ4v) is 4.23. The van der Waals surface area contributed by atoms with Crippen LogP contribution in [0.4, 0.5) is 0 Å². The van der Waals surface area contributed by atoms with Gasteiger partial charge in [0, 0.05) is 12.0 Å². The van der Waals surface area contributed by atoms with Gasteiger partial charge in [-0.15, -0.1) is 0 Å². The number of hydrogen-bond acceptors (Lipinski definition) is 4. The Balaban J connectivity index is 2.13. The summed E-state index contributed by atoms with van der Waals surface area (Å²) in [6, 6.07) is 16.8. The molecule has 0 bridgehead atoms. The lowest BCUT2D eigenvalue weighted by Gasteiger charge is -2.32. The molecule has 0 radical (unpaired) electrons. The maximum Gasteiger partial charge on any atom is 0.243 e. The van der Waals surface area contributed by atoms with Crippen LogP contribution in [0.25, 0.3) is 0 Å². The zero-order chi connectivity index (χ0) is 27.6. The van der Waals surface area contributed by atoms with Gasteiger partial charge in [0.05, 0.1) is 6.04 Å². The molecule has 0 spiro atoms. The summed E-state index contributed by atoms with van der Waals surface area (Å²) in [5.74, 6) is 1.14. The smallest absolute Gasteiger partial charge is 0.243 e. The van der Waals surface area contributed by atoms with E-state index < -0.39 is 11.6 Å². The Bertz CT molecular complexity index is 965. The highest BCUT2D eigenvalue weighted by atomic mass is 16.5. The Morgan fingerprint density at radius 3 is 2.05 bits per heavy atom. The molecule has 0 aliphatic rings. The number of rotatable bonds is 13. The molecule has 2 aromatic carbocycles. The van der Waals surface area contributed by atoms with Crippen molar-refractivity contribution in [2.75, 3.05) is 13.6 Å². The van der Waals surface area contributed by atoms with E-state index in [0.29, 0.717) is 18.9 Å². The number of amides is 2. The third-order valence-corrected chi connectivity index (χ3v) is 6.18. The average molecular weight is 510 g/mol. The van der Waals surface area contributed by atoms with Gasteiger partial charge < -0.3 is 15.4 Å². The van der Waals surface area contributed by atoms with Gasteiger partial charge in [0.15, 0.2) is 0 Å². The topological polar surface area (TPSA) is 70.7 Å². The molecule has 0 unspecified atom stereocenters. The molecule has 0 aliphatic carbocycles. The van der Waals surface area contributed by atoms with E-state index in [9.17, 15) is 9.59 Å². The molecule has 204 valence electrons. The molecule has 0 aliphatic heterocycles. The summed E-state index contributed by atoms with van der Waals surface area (Å²) < 4.78 is 5.90. The first-order chi connectivity index (χ1) is 17.4. The van der Waals surface area contributed by atoms with Crippen LogP contribution in [0.2, 0.25) is 0 Å². The molecule has 2 aromatic rings. The van der Waals surface area contributed by atoms with Crippen LogP contribution in [0.1, 0.15) is 66.0 Å². The summed E-state index contributed by atoms with van der Waals surface area (Å²) in [5, 5.41) is 6.12. The minimum atomic E-state index is -0.678. The summed E-state index contributed by atoms with van der Waals surface area (Å²) in [4.78, 5) is 28.8. The third-order valence-electron chi connectivity index (χ3n) is 6.18. The van der Waals surface area contributed by atoms with Crippen LogP contribution in [0, 0.1) is 11.8 Å². The summed E-state index contributed by atoms with van der Waals surface area (Å²) in [5.41, 5.74) is 1.66. The quantitative estimate of drug-likeness (QED) is 0.389. The van der Waals surface area contributed by atoms with Gasteiger partial charge in [0.2, 0.25) is 11.8 Å². The van der Waals surface area contributed by atoms with Crippen molar-refractivity contribution in [3.63, 3.8) is 0 Å². The molecule has 0 saturated heterocycles. The highest BCUT2D eigenvalue weighted by Crippen LogP contribution is 2.17. The first-order valence-corrected chi connectivity index (χ1v) is 13.4. The number of ether oxygens (including phenoxy) is 1. The molecule has 2 atom stereocenters. The van der Waals surface area contributed by atoms with E-state index in [0.717, 1.165) is 29.8 Å². The van der Waals surface area contributed by atoms with Gasteiger partial charge in [-0.05, 0) is 75.9 Å². The predicted octanol–water partition coefficient (Wildman–Crippen LogP) is 5.21. The fourth-order valence-electron chi connectivity index (χ4n) is 4.23. The normalized spacial score (nSPS) is 13.5. The SMILES string of the molecule is CC(C)CCN(C)[C@H](C(=O)N[C@@H](Cc1ccc(OCc2ccccc2)cc1)C(=O)NC(C)(C)C)C(C)C. The van der Waals surface area contributed by atoms with Crippen LogP contribution in [-0.4, -0.2) is 47.9 Å². The molecule has 0 saturated carbocycles. The van der Waals surface area contributed by atoms with E-state index >= 15 is 0 Å². The van der Waals surface area contributed by atoms with Crippen LogP contribution in [0.15, 0.2) is 54.6 Å². The minimum absolute atomic E-state index is 0.113. The Hall–Kier alpha value is -2.86. The van der Waals surface area contributed by atoms with Crippen molar-refractivity contribution in [2.24, 2.45) is 11.8 Å². The van der Waals surface area contributed by atoms with Crippen LogP contribution in [0.5, 0.6) is 5.75 Å². The van der Waals surface area contributed by atoms with Gasteiger partial charge in [-0.2, -0.15) is 0 Å². The van der Waals surface area contributed by atoms with Gasteiger partial charge in [-0.1, -0.05) is 70.2 Å². The number of nitrogens with zero attached hydrogens (tertiary/aromatic N) is 1. The van der Waals surface area contributed by atoms with Gasteiger partial charge in [0.25, 0.3) is 0 Å². The second-order valence-corrected chi connectivity index (χ2v) is 11.8. The number of benzene rings is 2. The maximum absolute atomic E-state index is 13.5. The van der Waals surface area contributed by atoms with Crippen molar-refractivity contribution in [3.8, 4) is 5.75 Å². The molecule has 2 amide bonds. The van der Waals surface area contributed by atoms with Crippen LogP contribution in [-0.2, 0) is 22.6 Å². The first kappa shape index (κ1) is 30.4. The molecule has 0 aromatic heterocycles. The second kappa shape index (κ2) is 14.2. The number of carbonyl (C=O) groups excluding carboxylic acids is 2. The summed E-state index contributed by atoms with van der Waals surface area (Å²) in [7, 11) is 1.99. The summed E-state index contributed by atoms with van der Waals surface area (Å²) in [6.07, 6.45) is 1.41. The Kier molecular flexibility index (Phi) is 11.6. The summed E-state index contributed by atoms with van der Waals surface area (Å²) in [6.45, 7) is 15.6. The van der Waals surface area contributed by atoms with E-state index in [1.165, 1.54) is 0 Å². The molecule has 0 fully saturated rings. The molecular weight excluding hydrogens is 462 g/mol. The van der Waals surface area contributed by atoms with E-state index in [4.69, 9.17) is 4.74 Å². The largest absolute Gasteiger partial charge is 0.489 e. The van der Waals surface area contributed by atoms with Crippen molar-refractivity contribution >= 4 is 11.8 Å². The van der Waals surface area contributed by atoms with Crippen LogP contribution < -0.4 is 15.4 Å². The summed E-state index contributed by atoms with van der Waals surface area (Å²) >= 11 is 0. The van der Waals surface area contributed by atoms with Crippen LogP contribution in [0.3, 0.4) is 0 Å². The molecule has 6 heteroatoms. The van der Waals surface area contributed by atoms with Crippen molar-refractivity contribution < 1.29 is 14.3 Å². The monoisotopic (exact) mass is 509 g/mol. The lowest BCUT2D eigenvalue weighted by Crippen LogP contribution is -2.57. The van der Waals surface area contributed by atoms with E-state index in [1.807, 2.05) is 82.4 Å². The Labute approximate surface area is 224 Å². The second-order valence-electron chi connectivity index (χ2n) is 11.8.